The van der Waals surface area contributed by atoms with Crippen LogP contribution < -0.4 is 0 Å². The molecule has 0 amide bonds. The van der Waals surface area contributed by atoms with Gasteiger partial charge in [-0.3, -0.25) is 4.67 Å². The third kappa shape index (κ3) is 2.70. The molecule has 104 valence electrons. The summed E-state index contributed by atoms with van der Waals surface area (Å²) in [6.45, 7) is 6.63. The molecule has 0 aliphatic carbocycles. The van der Waals surface area contributed by atoms with Crippen LogP contribution in [0.1, 0.15) is 37.6 Å². The second-order valence-electron chi connectivity index (χ2n) is 6.53. The first-order valence-corrected chi connectivity index (χ1v) is 8.70. The molecule has 2 atom stereocenters. The average molecular weight is 277 g/mol. The smallest absolute Gasteiger partial charge is 0.164 e. The SMILES string of the molecule is CN(C)P1(=O)CC=CC1c1ccc(C(C)(C)C)cc1. The minimum absolute atomic E-state index is 0.0523. The second-order valence-corrected chi connectivity index (χ2v) is 9.76. The molecule has 0 saturated carbocycles. The predicted molar refractivity (Wildman–Crippen MR) is 83.2 cm³/mol. The van der Waals surface area contributed by atoms with Crippen LogP contribution in [0.4, 0.5) is 0 Å². The Bertz CT molecular complexity index is 523. The number of nitrogens with zero attached hydrogens (tertiary/aromatic N) is 1. The lowest BCUT2D eigenvalue weighted by Gasteiger charge is -2.27. The standard InChI is InChI=1S/C16H24NOP/c1-16(2,3)14-10-8-13(9-11-14)15-7-6-12-19(15,18)17(4)5/h6-11,15H,12H2,1-5H3. The number of rotatable bonds is 2. The molecule has 0 bridgehead atoms. The highest BCUT2D eigenvalue weighted by atomic mass is 31.2. The van der Waals surface area contributed by atoms with E-state index in [1.54, 1.807) is 0 Å². The van der Waals surface area contributed by atoms with Gasteiger partial charge < -0.3 is 4.57 Å². The van der Waals surface area contributed by atoms with Crippen LogP contribution in [0.25, 0.3) is 0 Å². The molecule has 1 aliphatic rings. The Kier molecular flexibility index (Phi) is 3.77. The summed E-state index contributed by atoms with van der Waals surface area (Å²) in [5.74, 6) is 0. The largest absolute Gasteiger partial charge is 0.305 e. The van der Waals surface area contributed by atoms with Crippen LogP contribution in [0.5, 0.6) is 0 Å². The van der Waals surface area contributed by atoms with E-state index >= 15 is 0 Å². The molecule has 1 heterocycles. The van der Waals surface area contributed by atoms with Crippen LogP contribution in [-0.2, 0) is 9.98 Å². The predicted octanol–water partition coefficient (Wildman–Crippen LogP) is 4.43. The summed E-state index contributed by atoms with van der Waals surface area (Å²) >= 11 is 0. The van der Waals surface area contributed by atoms with E-state index in [4.69, 9.17) is 0 Å². The zero-order valence-corrected chi connectivity index (χ0v) is 13.4. The van der Waals surface area contributed by atoms with E-state index in [-0.39, 0.29) is 11.1 Å². The molecule has 0 N–H and O–H groups in total. The Morgan fingerprint density at radius 1 is 1.16 bits per heavy atom. The van der Waals surface area contributed by atoms with Gasteiger partial charge in [0.1, 0.15) is 0 Å². The number of allylic oxidation sites excluding steroid dienone is 2. The van der Waals surface area contributed by atoms with Crippen LogP contribution in [0, 0.1) is 0 Å². The van der Waals surface area contributed by atoms with Gasteiger partial charge in [-0.05, 0) is 30.6 Å². The van der Waals surface area contributed by atoms with Crippen LogP contribution >= 0.6 is 7.29 Å². The van der Waals surface area contributed by atoms with E-state index in [9.17, 15) is 4.57 Å². The van der Waals surface area contributed by atoms with Crippen molar-refractivity contribution in [2.24, 2.45) is 0 Å². The summed E-state index contributed by atoms with van der Waals surface area (Å²) in [4.78, 5) is 0. The fourth-order valence-electron chi connectivity index (χ4n) is 2.53. The minimum Gasteiger partial charge on any atom is -0.305 e. The van der Waals surface area contributed by atoms with Gasteiger partial charge in [0.25, 0.3) is 0 Å². The molecule has 1 aromatic carbocycles. The lowest BCUT2D eigenvalue weighted by molar-refractivity contribution is 0.513. The van der Waals surface area contributed by atoms with Crippen molar-refractivity contribution in [2.75, 3.05) is 20.3 Å². The Balaban J connectivity index is 2.33. The van der Waals surface area contributed by atoms with Crippen molar-refractivity contribution in [2.45, 2.75) is 31.8 Å². The first-order chi connectivity index (χ1) is 8.75. The van der Waals surface area contributed by atoms with Gasteiger partial charge in [-0.1, -0.05) is 57.2 Å². The maximum Gasteiger partial charge on any atom is 0.164 e. The van der Waals surface area contributed by atoms with E-state index in [1.807, 2.05) is 18.8 Å². The van der Waals surface area contributed by atoms with Crippen molar-refractivity contribution in [1.82, 2.24) is 4.67 Å². The summed E-state index contributed by atoms with van der Waals surface area (Å²) in [5, 5.41) is 0. The minimum atomic E-state index is -2.31. The summed E-state index contributed by atoms with van der Waals surface area (Å²) in [5.41, 5.74) is 2.70. The molecule has 0 radical (unpaired) electrons. The molecule has 2 nitrogen and oxygen atoms in total. The molecular formula is C16H24NOP. The zero-order chi connectivity index (χ0) is 14.3. The van der Waals surface area contributed by atoms with Gasteiger partial charge in [-0.25, -0.2) is 0 Å². The Labute approximate surface area is 116 Å². The average Bonchev–Trinajstić information content (AvgIpc) is 2.72. The Morgan fingerprint density at radius 2 is 1.74 bits per heavy atom. The summed E-state index contributed by atoms with van der Waals surface area (Å²) in [6.07, 6.45) is 4.85. The van der Waals surface area contributed by atoms with Gasteiger partial charge in [0.05, 0.1) is 5.66 Å². The monoisotopic (exact) mass is 277 g/mol. The van der Waals surface area contributed by atoms with Crippen molar-refractivity contribution in [1.29, 1.82) is 0 Å². The summed E-state index contributed by atoms with van der Waals surface area (Å²) in [6, 6.07) is 8.61. The van der Waals surface area contributed by atoms with E-state index < -0.39 is 7.29 Å². The maximum absolute atomic E-state index is 13.0. The van der Waals surface area contributed by atoms with Crippen LogP contribution in [0.15, 0.2) is 36.4 Å². The molecule has 0 spiro atoms. The van der Waals surface area contributed by atoms with Crippen LogP contribution in [-0.4, -0.2) is 24.9 Å². The van der Waals surface area contributed by atoms with Gasteiger partial charge >= 0.3 is 0 Å². The number of benzene rings is 1. The molecule has 2 rings (SSSR count). The molecule has 2 unspecified atom stereocenters. The molecule has 0 aromatic heterocycles. The topological polar surface area (TPSA) is 20.3 Å². The Morgan fingerprint density at radius 3 is 2.21 bits per heavy atom. The lowest BCUT2D eigenvalue weighted by Crippen LogP contribution is -2.14. The van der Waals surface area contributed by atoms with E-state index in [2.05, 4.69) is 57.2 Å². The van der Waals surface area contributed by atoms with Gasteiger partial charge in [-0.2, -0.15) is 0 Å². The van der Waals surface area contributed by atoms with E-state index in [0.29, 0.717) is 6.16 Å². The van der Waals surface area contributed by atoms with E-state index in [0.717, 1.165) is 0 Å². The summed E-state index contributed by atoms with van der Waals surface area (Å²) < 4.78 is 14.9. The molecule has 1 aliphatic heterocycles. The van der Waals surface area contributed by atoms with Crippen LogP contribution in [0.3, 0.4) is 0 Å². The number of hydrogen-bond acceptors (Lipinski definition) is 1. The third-order valence-electron chi connectivity index (χ3n) is 3.92. The first kappa shape index (κ1) is 14.6. The molecule has 3 heteroatoms. The molecular weight excluding hydrogens is 253 g/mol. The highest BCUT2D eigenvalue weighted by Crippen LogP contribution is 2.64. The van der Waals surface area contributed by atoms with Crippen LogP contribution in [0.2, 0.25) is 0 Å². The highest BCUT2D eigenvalue weighted by Gasteiger charge is 2.37. The zero-order valence-electron chi connectivity index (χ0n) is 12.6. The van der Waals surface area contributed by atoms with Gasteiger partial charge in [0, 0.05) is 6.16 Å². The summed E-state index contributed by atoms with van der Waals surface area (Å²) in [7, 11) is 1.53. The van der Waals surface area contributed by atoms with Crippen molar-refractivity contribution in [3.05, 3.63) is 47.5 Å². The normalized spacial score (nSPS) is 27.2. The maximum atomic E-state index is 13.0. The van der Waals surface area contributed by atoms with E-state index in [1.165, 1.54) is 11.1 Å². The highest BCUT2D eigenvalue weighted by molar-refractivity contribution is 7.62. The fraction of sp³-hybridized carbons (Fsp3) is 0.500. The molecule has 1 aromatic rings. The van der Waals surface area contributed by atoms with Gasteiger partial charge in [0.15, 0.2) is 7.29 Å². The first-order valence-electron chi connectivity index (χ1n) is 6.79. The van der Waals surface area contributed by atoms with Crippen molar-refractivity contribution in [3.8, 4) is 0 Å². The second kappa shape index (κ2) is 4.92. The third-order valence-corrected chi connectivity index (χ3v) is 7.34. The Hall–Kier alpha value is -0.850. The van der Waals surface area contributed by atoms with Gasteiger partial charge in [-0.15, -0.1) is 0 Å². The number of hydrogen-bond donors (Lipinski definition) is 0. The molecule has 0 fully saturated rings. The fourth-order valence-corrected chi connectivity index (χ4v) is 5.03. The molecule has 0 saturated heterocycles. The van der Waals surface area contributed by atoms with Crippen molar-refractivity contribution in [3.63, 3.8) is 0 Å². The quantitative estimate of drug-likeness (QED) is 0.588. The molecule has 19 heavy (non-hydrogen) atoms. The lowest BCUT2D eigenvalue weighted by atomic mass is 9.86. The van der Waals surface area contributed by atoms with Crippen molar-refractivity contribution >= 4 is 7.29 Å². The van der Waals surface area contributed by atoms with Crippen molar-refractivity contribution < 1.29 is 4.57 Å². The van der Waals surface area contributed by atoms with Gasteiger partial charge in [0.2, 0.25) is 0 Å².